The third-order valence-electron chi connectivity index (χ3n) is 4.84. The Kier molecular flexibility index (Phi) is 8.15. The molecule has 0 aliphatic heterocycles. The van der Waals surface area contributed by atoms with Gasteiger partial charge < -0.3 is 10.6 Å². The zero-order valence-corrected chi connectivity index (χ0v) is 18.1. The highest BCUT2D eigenvalue weighted by atomic mass is 19.4. The SMILES string of the molecule is CCC(C(=O)Nc1ccc(C(F)(F)F)c(C(F)(F)F)c1)C(=O)Nc1ccc(C(F)(F)F)c(C(F)(F)F)c1. The van der Waals surface area contributed by atoms with Crippen molar-refractivity contribution in [2.24, 2.45) is 5.92 Å². The summed E-state index contributed by atoms with van der Waals surface area (Å²) in [5.41, 5.74) is -9.87. The van der Waals surface area contributed by atoms with Crippen molar-refractivity contribution < 1.29 is 62.3 Å². The third kappa shape index (κ3) is 7.29. The Balaban J connectivity index is 2.31. The summed E-state index contributed by atoms with van der Waals surface area (Å²) in [4.78, 5) is 24.9. The average molecular weight is 554 g/mol. The number of hydrogen-bond acceptors (Lipinski definition) is 2. The molecule has 16 heteroatoms. The molecule has 2 aromatic rings. The van der Waals surface area contributed by atoms with Gasteiger partial charge in [0.05, 0.1) is 22.3 Å². The first kappa shape index (κ1) is 29.8. The number of anilines is 2. The fourth-order valence-corrected chi connectivity index (χ4v) is 3.16. The standard InChI is InChI=1S/C21H14F12N2O2/c1-2-11(16(36)34-9-3-5-12(18(22,23)24)14(7-9)20(28,29)30)17(37)35-10-4-6-13(19(25,26)27)15(8-10)21(31,32)33/h3-8,11H,2H2,1H3,(H,34,36)(H,35,37). The van der Waals surface area contributed by atoms with Crippen LogP contribution in [0.3, 0.4) is 0 Å². The maximum absolute atomic E-state index is 13.1. The molecule has 0 saturated carbocycles. The molecule has 0 radical (unpaired) electrons. The third-order valence-corrected chi connectivity index (χ3v) is 4.84. The lowest BCUT2D eigenvalue weighted by molar-refractivity contribution is -0.162. The highest BCUT2D eigenvalue weighted by molar-refractivity contribution is 6.10. The molecule has 0 atom stereocenters. The summed E-state index contributed by atoms with van der Waals surface area (Å²) in [6, 6.07) is 1.06. The summed E-state index contributed by atoms with van der Waals surface area (Å²) < 4.78 is 156. The second-order valence-electron chi connectivity index (χ2n) is 7.45. The van der Waals surface area contributed by atoms with E-state index >= 15 is 0 Å². The number of carbonyl (C=O) groups excluding carboxylic acids is 2. The summed E-state index contributed by atoms with van der Waals surface area (Å²) in [6.07, 6.45) is -22.1. The van der Waals surface area contributed by atoms with Crippen molar-refractivity contribution in [2.45, 2.75) is 38.0 Å². The van der Waals surface area contributed by atoms with Crippen LogP contribution in [0, 0.1) is 5.92 Å². The van der Waals surface area contributed by atoms with E-state index in [9.17, 15) is 62.3 Å². The number of amides is 2. The van der Waals surface area contributed by atoms with Gasteiger partial charge >= 0.3 is 24.7 Å². The van der Waals surface area contributed by atoms with Gasteiger partial charge in [-0.2, -0.15) is 52.7 Å². The second kappa shape index (κ2) is 10.1. The molecule has 0 spiro atoms. The Morgan fingerprint density at radius 3 is 1.14 bits per heavy atom. The molecule has 2 rings (SSSR count). The van der Waals surface area contributed by atoms with E-state index in [-0.39, 0.29) is 24.3 Å². The summed E-state index contributed by atoms with van der Waals surface area (Å²) in [6.45, 7) is 1.21. The van der Waals surface area contributed by atoms with Crippen LogP contribution < -0.4 is 10.6 Å². The van der Waals surface area contributed by atoms with Gasteiger partial charge in [-0.1, -0.05) is 6.92 Å². The number of nitrogens with one attached hydrogen (secondary N) is 2. The average Bonchev–Trinajstić information content (AvgIpc) is 2.71. The summed E-state index contributed by atoms with van der Waals surface area (Å²) in [5, 5.41) is 3.64. The van der Waals surface area contributed by atoms with Crippen molar-refractivity contribution in [1.82, 2.24) is 0 Å². The van der Waals surface area contributed by atoms with E-state index in [4.69, 9.17) is 0 Å². The normalized spacial score (nSPS) is 13.0. The number of carbonyl (C=O) groups is 2. The molecular formula is C21H14F12N2O2. The Morgan fingerprint density at radius 1 is 0.595 bits per heavy atom. The van der Waals surface area contributed by atoms with Gasteiger partial charge in [0.25, 0.3) is 0 Å². The zero-order valence-electron chi connectivity index (χ0n) is 18.1. The van der Waals surface area contributed by atoms with Gasteiger partial charge in [0.2, 0.25) is 11.8 Å². The Labute approximate surface area is 199 Å². The number of halogens is 12. The molecule has 0 saturated heterocycles. The number of alkyl halides is 12. The lowest BCUT2D eigenvalue weighted by Crippen LogP contribution is -2.33. The van der Waals surface area contributed by atoms with E-state index in [2.05, 4.69) is 0 Å². The fourth-order valence-electron chi connectivity index (χ4n) is 3.16. The highest BCUT2D eigenvalue weighted by Gasteiger charge is 2.44. The Bertz CT molecular complexity index is 1070. The van der Waals surface area contributed by atoms with E-state index in [1.807, 2.05) is 10.6 Å². The van der Waals surface area contributed by atoms with Crippen LogP contribution in [0.4, 0.5) is 64.1 Å². The van der Waals surface area contributed by atoms with Crippen LogP contribution in [0.25, 0.3) is 0 Å². The first-order valence-corrected chi connectivity index (χ1v) is 9.84. The molecule has 0 aliphatic carbocycles. The van der Waals surface area contributed by atoms with Crippen molar-refractivity contribution >= 4 is 23.2 Å². The molecule has 0 aliphatic rings. The molecule has 0 heterocycles. The summed E-state index contributed by atoms with van der Waals surface area (Å²) >= 11 is 0. The quantitative estimate of drug-likeness (QED) is 0.300. The van der Waals surface area contributed by atoms with Crippen molar-refractivity contribution in [2.75, 3.05) is 10.6 Å². The maximum atomic E-state index is 13.1. The molecule has 2 N–H and O–H groups in total. The van der Waals surface area contributed by atoms with Crippen LogP contribution >= 0.6 is 0 Å². The van der Waals surface area contributed by atoms with Gasteiger partial charge in [0.1, 0.15) is 5.92 Å². The highest BCUT2D eigenvalue weighted by Crippen LogP contribution is 2.42. The molecule has 0 unspecified atom stereocenters. The van der Waals surface area contributed by atoms with Crippen LogP contribution in [-0.4, -0.2) is 11.8 Å². The molecule has 2 amide bonds. The molecule has 0 bridgehead atoms. The smallest absolute Gasteiger partial charge is 0.325 e. The Hall–Kier alpha value is -3.46. The zero-order chi connectivity index (χ0) is 28.6. The number of rotatable bonds is 5. The van der Waals surface area contributed by atoms with Crippen LogP contribution in [0.2, 0.25) is 0 Å². The molecule has 37 heavy (non-hydrogen) atoms. The molecule has 0 aromatic heterocycles. The van der Waals surface area contributed by atoms with Crippen molar-refractivity contribution in [3.8, 4) is 0 Å². The van der Waals surface area contributed by atoms with Gasteiger partial charge in [-0.25, -0.2) is 0 Å². The minimum Gasteiger partial charge on any atom is -0.325 e. The molecule has 0 fully saturated rings. The lowest BCUT2D eigenvalue weighted by atomic mass is 10.0. The van der Waals surface area contributed by atoms with E-state index in [1.165, 1.54) is 6.92 Å². The van der Waals surface area contributed by atoms with Gasteiger partial charge in [-0.3, -0.25) is 9.59 Å². The minimum atomic E-state index is -5.47. The second-order valence-corrected chi connectivity index (χ2v) is 7.45. The van der Waals surface area contributed by atoms with Gasteiger partial charge in [-0.05, 0) is 42.8 Å². The maximum Gasteiger partial charge on any atom is 0.417 e. The lowest BCUT2D eigenvalue weighted by Gasteiger charge is -2.19. The summed E-state index contributed by atoms with van der Waals surface area (Å²) in [7, 11) is 0. The summed E-state index contributed by atoms with van der Waals surface area (Å²) in [5.74, 6) is -4.47. The monoisotopic (exact) mass is 554 g/mol. The van der Waals surface area contributed by atoms with E-state index in [0.29, 0.717) is 12.1 Å². The van der Waals surface area contributed by atoms with Crippen LogP contribution in [0.1, 0.15) is 35.6 Å². The van der Waals surface area contributed by atoms with Gasteiger partial charge in [-0.15, -0.1) is 0 Å². The van der Waals surface area contributed by atoms with Crippen molar-refractivity contribution in [3.05, 3.63) is 58.7 Å². The minimum absolute atomic E-state index is 0.0170. The molecule has 2 aromatic carbocycles. The van der Waals surface area contributed by atoms with Crippen LogP contribution in [0.15, 0.2) is 36.4 Å². The fraction of sp³-hybridized carbons (Fsp3) is 0.333. The van der Waals surface area contributed by atoms with Crippen molar-refractivity contribution in [1.29, 1.82) is 0 Å². The number of benzene rings is 2. The van der Waals surface area contributed by atoms with Crippen LogP contribution in [-0.2, 0) is 34.3 Å². The van der Waals surface area contributed by atoms with Gasteiger partial charge in [0, 0.05) is 11.4 Å². The Morgan fingerprint density at radius 2 is 0.892 bits per heavy atom. The van der Waals surface area contributed by atoms with E-state index < -0.39 is 82.5 Å². The largest absolute Gasteiger partial charge is 0.417 e. The predicted molar refractivity (Wildman–Crippen MR) is 104 cm³/mol. The number of hydrogen-bond donors (Lipinski definition) is 2. The molecule has 4 nitrogen and oxygen atoms in total. The first-order chi connectivity index (χ1) is 16.7. The predicted octanol–water partition coefficient (Wildman–Crippen LogP) is 7.37. The van der Waals surface area contributed by atoms with Gasteiger partial charge in [0.15, 0.2) is 0 Å². The van der Waals surface area contributed by atoms with Crippen molar-refractivity contribution in [3.63, 3.8) is 0 Å². The first-order valence-electron chi connectivity index (χ1n) is 9.84. The molecular weight excluding hydrogens is 540 g/mol. The topological polar surface area (TPSA) is 58.2 Å². The van der Waals surface area contributed by atoms with E-state index in [1.54, 1.807) is 0 Å². The van der Waals surface area contributed by atoms with Crippen LogP contribution in [0.5, 0.6) is 0 Å². The molecule has 204 valence electrons. The van der Waals surface area contributed by atoms with E-state index in [0.717, 1.165) is 0 Å².